The quantitative estimate of drug-likeness (QED) is 0.581. The molecule has 3 heterocycles. The maximum Gasteiger partial charge on any atom is 0.258 e. The summed E-state index contributed by atoms with van der Waals surface area (Å²) in [5, 5.41) is 1.50. The fourth-order valence-electron chi connectivity index (χ4n) is 3.19. The van der Waals surface area contributed by atoms with Crippen LogP contribution in [0.1, 0.15) is 22.8 Å². The number of nitrogens with zero attached hydrogens (tertiary/aromatic N) is 2. The Bertz CT molecular complexity index is 1180. The zero-order valence-electron chi connectivity index (χ0n) is 15.6. The third-order valence-electron chi connectivity index (χ3n) is 4.72. The smallest absolute Gasteiger partial charge is 0.258 e. The van der Waals surface area contributed by atoms with Gasteiger partial charge < -0.3 is 19.4 Å². The van der Waals surface area contributed by atoms with Crippen molar-refractivity contribution in [2.75, 3.05) is 14.2 Å². The van der Waals surface area contributed by atoms with Crippen molar-refractivity contribution in [2.45, 2.75) is 20.3 Å². The number of pyridine rings is 1. The topological polar surface area (TPSA) is 92.9 Å². The Morgan fingerprint density at radius 3 is 2.44 bits per heavy atom. The van der Waals surface area contributed by atoms with Gasteiger partial charge in [-0.1, -0.05) is 0 Å². The number of fused-ring (bicyclic) bond motifs is 2. The molecule has 2 N–H and O–H groups in total. The number of hydrogen-bond donors (Lipinski definition) is 2. The molecule has 0 atom stereocenters. The van der Waals surface area contributed by atoms with Crippen molar-refractivity contribution < 1.29 is 9.47 Å². The first-order valence-electron chi connectivity index (χ1n) is 8.59. The predicted octanol–water partition coefficient (Wildman–Crippen LogP) is 3.02. The predicted molar refractivity (Wildman–Crippen MR) is 104 cm³/mol. The zero-order chi connectivity index (χ0) is 19.1. The lowest BCUT2D eigenvalue weighted by atomic mass is 10.2. The third-order valence-corrected chi connectivity index (χ3v) is 4.72. The molecule has 0 aliphatic rings. The van der Waals surface area contributed by atoms with Crippen LogP contribution in [0.2, 0.25) is 0 Å². The van der Waals surface area contributed by atoms with Crippen molar-refractivity contribution in [1.82, 2.24) is 19.9 Å². The molecule has 0 bridgehead atoms. The Morgan fingerprint density at radius 1 is 0.963 bits per heavy atom. The standard InChI is InChI=1S/C20H20N4O3/c1-10-5-12-6-13(22-19(12)21-11(10)2)7-18-23-15-9-17(27-4)16(26-3)8-14(15)20(25)24-18/h5-6,8-9H,7H2,1-4H3,(H,21,22)(H,23,24,25). The van der Waals surface area contributed by atoms with Gasteiger partial charge in [-0.05, 0) is 37.6 Å². The Balaban J connectivity index is 1.77. The first-order valence-corrected chi connectivity index (χ1v) is 8.59. The average molecular weight is 364 g/mol. The summed E-state index contributed by atoms with van der Waals surface area (Å²) in [6.45, 7) is 4.03. The Morgan fingerprint density at radius 2 is 1.70 bits per heavy atom. The fraction of sp³-hybridized carbons (Fsp3) is 0.250. The van der Waals surface area contributed by atoms with E-state index >= 15 is 0 Å². The number of rotatable bonds is 4. The van der Waals surface area contributed by atoms with Gasteiger partial charge in [0.15, 0.2) is 11.5 Å². The van der Waals surface area contributed by atoms with Crippen LogP contribution in [-0.4, -0.2) is 34.2 Å². The third kappa shape index (κ3) is 3.01. The molecule has 0 amide bonds. The van der Waals surface area contributed by atoms with E-state index in [0.29, 0.717) is 34.6 Å². The lowest BCUT2D eigenvalue weighted by Gasteiger charge is -2.09. The van der Waals surface area contributed by atoms with Crippen molar-refractivity contribution in [2.24, 2.45) is 0 Å². The number of aryl methyl sites for hydroxylation is 2. The van der Waals surface area contributed by atoms with Gasteiger partial charge in [0.1, 0.15) is 11.5 Å². The van der Waals surface area contributed by atoms with Gasteiger partial charge >= 0.3 is 0 Å². The number of nitrogens with one attached hydrogen (secondary N) is 2. The van der Waals surface area contributed by atoms with Crippen LogP contribution in [0, 0.1) is 13.8 Å². The molecule has 1 aromatic carbocycles. The van der Waals surface area contributed by atoms with Crippen molar-refractivity contribution >= 4 is 21.9 Å². The number of hydrogen-bond acceptors (Lipinski definition) is 5. The lowest BCUT2D eigenvalue weighted by Crippen LogP contribution is -2.12. The SMILES string of the molecule is COc1cc2nc(Cc3cc4cc(C)c(C)nc4[nH]3)[nH]c(=O)c2cc1OC. The fourth-order valence-corrected chi connectivity index (χ4v) is 3.19. The molecule has 0 spiro atoms. The molecule has 0 saturated carbocycles. The highest BCUT2D eigenvalue weighted by atomic mass is 16.5. The minimum absolute atomic E-state index is 0.211. The summed E-state index contributed by atoms with van der Waals surface area (Å²) in [4.78, 5) is 27.8. The van der Waals surface area contributed by atoms with Gasteiger partial charge in [0.25, 0.3) is 5.56 Å². The molecule has 0 aliphatic heterocycles. The normalized spacial score (nSPS) is 11.3. The van der Waals surface area contributed by atoms with Gasteiger partial charge in [-0.3, -0.25) is 4.79 Å². The highest BCUT2D eigenvalue weighted by Crippen LogP contribution is 2.30. The van der Waals surface area contributed by atoms with Gasteiger partial charge in [0.05, 0.1) is 25.1 Å². The van der Waals surface area contributed by atoms with Gasteiger partial charge in [0, 0.05) is 29.3 Å². The summed E-state index contributed by atoms with van der Waals surface area (Å²) < 4.78 is 10.6. The minimum atomic E-state index is -0.211. The summed E-state index contributed by atoms with van der Waals surface area (Å²) in [6, 6.07) is 7.49. The van der Waals surface area contributed by atoms with Crippen LogP contribution in [0.25, 0.3) is 21.9 Å². The van der Waals surface area contributed by atoms with Gasteiger partial charge in [-0.2, -0.15) is 0 Å². The molecule has 27 heavy (non-hydrogen) atoms. The van der Waals surface area contributed by atoms with Crippen molar-refractivity contribution in [3.8, 4) is 11.5 Å². The Hall–Kier alpha value is -3.35. The Labute approximate surface area is 155 Å². The summed E-state index contributed by atoms with van der Waals surface area (Å²) in [5.41, 5.74) is 4.26. The molecule has 0 saturated heterocycles. The second-order valence-electron chi connectivity index (χ2n) is 6.54. The summed E-state index contributed by atoms with van der Waals surface area (Å²) in [6.07, 6.45) is 0.466. The molecule has 0 radical (unpaired) electrons. The number of aromatic amines is 2. The molecule has 4 aromatic rings. The Kier molecular flexibility index (Phi) is 4.07. The van der Waals surface area contributed by atoms with Crippen LogP contribution in [0.15, 0.2) is 29.1 Å². The second kappa shape index (κ2) is 6.42. The summed E-state index contributed by atoms with van der Waals surface area (Å²) >= 11 is 0. The average Bonchev–Trinajstić information content (AvgIpc) is 3.01. The summed E-state index contributed by atoms with van der Waals surface area (Å²) in [5.74, 6) is 1.60. The number of methoxy groups -OCH3 is 2. The molecular formula is C20H20N4O3. The van der Waals surface area contributed by atoms with Crippen LogP contribution in [-0.2, 0) is 6.42 Å². The second-order valence-corrected chi connectivity index (χ2v) is 6.54. The number of benzene rings is 1. The van der Waals surface area contributed by atoms with E-state index < -0.39 is 0 Å². The highest BCUT2D eigenvalue weighted by Gasteiger charge is 2.12. The van der Waals surface area contributed by atoms with E-state index in [4.69, 9.17) is 9.47 Å². The first-order chi connectivity index (χ1) is 13.0. The molecule has 0 unspecified atom stereocenters. The molecule has 7 nitrogen and oxygen atoms in total. The summed E-state index contributed by atoms with van der Waals surface area (Å²) in [7, 11) is 3.09. The maximum atomic E-state index is 12.5. The van der Waals surface area contributed by atoms with Gasteiger partial charge in [-0.25, -0.2) is 9.97 Å². The number of ether oxygens (including phenoxy) is 2. The van der Waals surface area contributed by atoms with E-state index in [2.05, 4.69) is 26.0 Å². The largest absolute Gasteiger partial charge is 0.493 e. The van der Waals surface area contributed by atoms with E-state index in [1.165, 1.54) is 7.11 Å². The minimum Gasteiger partial charge on any atom is -0.493 e. The van der Waals surface area contributed by atoms with Crippen molar-refractivity contribution in [3.05, 3.63) is 57.4 Å². The van der Waals surface area contributed by atoms with Crippen LogP contribution in [0.3, 0.4) is 0 Å². The molecule has 138 valence electrons. The molecule has 0 aliphatic carbocycles. The van der Waals surface area contributed by atoms with Crippen molar-refractivity contribution in [3.63, 3.8) is 0 Å². The van der Waals surface area contributed by atoms with E-state index in [9.17, 15) is 4.79 Å². The number of H-pyrrole nitrogens is 2. The highest BCUT2D eigenvalue weighted by molar-refractivity contribution is 5.82. The first kappa shape index (κ1) is 17.1. The van der Waals surface area contributed by atoms with Gasteiger partial charge in [0.2, 0.25) is 0 Å². The molecule has 4 rings (SSSR count). The lowest BCUT2D eigenvalue weighted by molar-refractivity contribution is 0.355. The van der Waals surface area contributed by atoms with Crippen molar-refractivity contribution in [1.29, 1.82) is 0 Å². The zero-order valence-corrected chi connectivity index (χ0v) is 15.6. The monoisotopic (exact) mass is 364 g/mol. The van der Waals surface area contributed by atoms with Crippen LogP contribution < -0.4 is 15.0 Å². The maximum absolute atomic E-state index is 12.5. The van der Waals surface area contributed by atoms with Crippen LogP contribution >= 0.6 is 0 Å². The molecule has 0 fully saturated rings. The van der Waals surface area contributed by atoms with E-state index in [1.807, 2.05) is 19.9 Å². The van der Waals surface area contributed by atoms with E-state index in [-0.39, 0.29) is 5.56 Å². The number of aromatic nitrogens is 4. The molecule has 3 aromatic heterocycles. The molecule has 7 heteroatoms. The molecular weight excluding hydrogens is 344 g/mol. The van der Waals surface area contributed by atoms with Gasteiger partial charge in [-0.15, -0.1) is 0 Å². The van der Waals surface area contributed by atoms with Crippen LogP contribution in [0.4, 0.5) is 0 Å². The van der Waals surface area contributed by atoms with Crippen LogP contribution in [0.5, 0.6) is 11.5 Å². The van der Waals surface area contributed by atoms with E-state index in [0.717, 1.165) is 28.0 Å². The van der Waals surface area contributed by atoms with E-state index in [1.54, 1.807) is 19.2 Å².